The van der Waals surface area contributed by atoms with Crippen molar-refractivity contribution in [2.24, 2.45) is 5.73 Å². The van der Waals surface area contributed by atoms with Crippen LogP contribution < -0.4 is 5.73 Å². The van der Waals surface area contributed by atoms with Gasteiger partial charge in [-0.2, -0.15) is 0 Å². The molecular weight excluding hydrogens is 168 g/mol. The third kappa shape index (κ3) is 2.06. The van der Waals surface area contributed by atoms with E-state index in [0.29, 0.717) is 6.54 Å². The van der Waals surface area contributed by atoms with Gasteiger partial charge in [-0.15, -0.1) is 0 Å². The molecule has 4 heteroatoms. The summed E-state index contributed by atoms with van der Waals surface area (Å²) in [6.45, 7) is 6.27. The van der Waals surface area contributed by atoms with Crippen LogP contribution in [0.2, 0.25) is 0 Å². The molecule has 0 aliphatic carbocycles. The number of rotatable bonds is 1. The van der Waals surface area contributed by atoms with E-state index in [2.05, 4.69) is 0 Å². The van der Waals surface area contributed by atoms with Gasteiger partial charge < -0.3 is 5.73 Å². The van der Waals surface area contributed by atoms with Gasteiger partial charge in [-0.1, -0.05) is 0 Å². The summed E-state index contributed by atoms with van der Waals surface area (Å²) in [4.78, 5) is 24.1. The summed E-state index contributed by atoms with van der Waals surface area (Å²) in [5.74, 6) is -0.306. The zero-order valence-electron chi connectivity index (χ0n) is 8.33. The number of Topliss-reactive ketones (excluding diaryl/α,β-unsaturated/α-hetero) is 1. The summed E-state index contributed by atoms with van der Waals surface area (Å²) in [5, 5.41) is 0. The number of ketones is 1. The lowest BCUT2D eigenvalue weighted by Crippen LogP contribution is -2.49. The predicted octanol–water partition coefficient (Wildman–Crippen LogP) is -0.0864. The van der Waals surface area contributed by atoms with Crippen molar-refractivity contribution in [3.8, 4) is 0 Å². The number of hydrogen-bond acceptors (Lipinski definition) is 3. The lowest BCUT2D eigenvalue weighted by atomic mass is 10.0. The Morgan fingerprint density at radius 3 is 2.38 bits per heavy atom. The van der Waals surface area contributed by atoms with Gasteiger partial charge in [-0.25, -0.2) is 0 Å². The van der Waals surface area contributed by atoms with Gasteiger partial charge in [0.2, 0.25) is 5.91 Å². The van der Waals surface area contributed by atoms with Crippen LogP contribution in [0.15, 0.2) is 0 Å². The van der Waals surface area contributed by atoms with Crippen LogP contribution in [0, 0.1) is 0 Å². The molecule has 4 nitrogen and oxygen atoms in total. The molecule has 0 spiro atoms. The monoisotopic (exact) mass is 184 g/mol. The molecule has 1 rings (SSSR count). The maximum atomic E-state index is 11.2. The molecule has 0 bridgehead atoms. The fourth-order valence-electron chi connectivity index (χ4n) is 1.65. The maximum absolute atomic E-state index is 11.2. The van der Waals surface area contributed by atoms with Crippen molar-refractivity contribution in [3.05, 3.63) is 0 Å². The van der Waals surface area contributed by atoms with Gasteiger partial charge in [0.25, 0.3) is 0 Å². The van der Waals surface area contributed by atoms with E-state index in [1.807, 2.05) is 25.7 Å². The minimum atomic E-state index is -0.410. The molecule has 0 radical (unpaired) electrons. The quantitative estimate of drug-likeness (QED) is 0.619. The van der Waals surface area contributed by atoms with E-state index < -0.39 is 11.9 Å². The molecule has 0 aromatic carbocycles. The summed E-state index contributed by atoms with van der Waals surface area (Å²) in [6.07, 6.45) is 0.270. The van der Waals surface area contributed by atoms with Gasteiger partial charge in [0, 0.05) is 12.0 Å². The van der Waals surface area contributed by atoms with Gasteiger partial charge in [0.05, 0.1) is 12.6 Å². The Kier molecular flexibility index (Phi) is 2.43. The van der Waals surface area contributed by atoms with Gasteiger partial charge in [0.15, 0.2) is 0 Å². The van der Waals surface area contributed by atoms with E-state index in [-0.39, 0.29) is 17.7 Å². The molecule has 2 N–H and O–H groups in total. The molecule has 0 aromatic heterocycles. The molecule has 74 valence electrons. The Bertz CT molecular complexity index is 242. The predicted molar refractivity (Wildman–Crippen MR) is 49.1 cm³/mol. The molecular formula is C9H16N2O2. The number of likely N-dealkylation sites (tertiary alicyclic amines) is 1. The van der Waals surface area contributed by atoms with Crippen LogP contribution in [0.3, 0.4) is 0 Å². The lowest BCUT2D eigenvalue weighted by molar-refractivity contribution is -0.124. The highest BCUT2D eigenvalue weighted by Crippen LogP contribution is 2.24. The van der Waals surface area contributed by atoms with Crippen LogP contribution in [-0.2, 0) is 9.59 Å². The molecule has 1 aliphatic heterocycles. The number of primary amides is 1. The third-order valence-corrected chi connectivity index (χ3v) is 2.33. The zero-order chi connectivity index (χ0) is 10.2. The summed E-state index contributed by atoms with van der Waals surface area (Å²) in [7, 11) is 0. The highest BCUT2D eigenvalue weighted by Gasteiger charge is 2.40. The topological polar surface area (TPSA) is 63.4 Å². The summed E-state index contributed by atoms with van der Waals surface area (Å²) >= 11 is 0. The Hall–Kier alpha value is -0.900. The van der Waals surface area contributed by atoms with Gasteiger partial charge in [0.1, 0.15) is 5.78 Å². The van der Waals surface area contributed by atoms with Crippen LogP contribution in [0.5, 0.6) is 0 Å². The van der Waals surface area contributed by atoms with Gasteiger partial charge in [-0.05, 0) is 20.8 Å². The largest absolute Gasteiger partial charge is 0.368 e. The fourth-order valence-corrected chi connectivity index (χ4v) is 1.65. The van der Waals surface area contributed by atoms with Crippen molar-refractivity contribution in [1.82, 2.24) is 4.90 Å². The molecule has 13 heavy (non-hydrogen) atoms. The maximum Gasteiger partial charge on any atom is 0.235 e. The van der Waals surface area contributed by atoms with E-state index in [9.17, 15) is 9.59 Å². The van der Waals surface area contributed by atoms with E-state index >= 15 is 0 Å². The molecule has 0 unspecified atom stereocenters. The first-order chi connectivity index (χ1) is 5.82. The highest BCUT2D eigenvalue weighted by molar-refractivity contribution is 5.92. The highest BCUT2D eigenvalue weighted by atomic mass is 16.2. The van der Waals surface area contributed by atoms with E-state index in [0.717, 1.165) is 0 Å². The van der Waals surface area contributed by atoms with Crippen LogP contribution in [-0.4, -0.2) is 34.7 Å². The van der Waals surface area contributed by atoms with Crippen LogP contribution >= 0.6 is 0 Å². The minimum absolute atomic E-state index is 0.0960. The molecule has 1 aliphatic rings. The Morgan fingerprint density at radius 1 is 1.54 bits per heavy atom. The van der Waals surface area contributed by atoms with Crippen molar-refractivity contribution in [2.45, 2.75) is 38.8 Å². The summed E-state index contributed by atoms with van der Waals surface area (Å²) in [5.41, 5.74) is 5.04. The third-order valence-electron chi connectivity index (χ3n) is 2.33. The smallest absolute Gasteiger partial charge is 0.235 e. The first-order valence-corrected chi connectivity index (χ1v) is 4.40. The van der Waals surface area contributed by atoms with Gasteiger partial charge in [-0.3, -0.25) is 14.5 Å². The Morgan fingerprint density at radius 2 is 2.08 bits per heavy atom. The Balaban J connectivity index is 2.84. The average molecular weight is 184 g/mol. The fraction of sp³-hybridized carbons (Fsp3) is 0.778. The molecule has 1 fully saturated rings. The van der Waals surface area contributed by atoms with Crippen molar-refractivity contribution in [3.63, 3.8) is 0 Å². The van der Waals surface area contributed by atoms with Crippen molar-refractivity contribution in [1.29, 1.82) is 0 Å². The van der Waals surface area contributed by atoms with Crippen LogP contribution in [0.25, 0.3) is 0 Å². The van der Waals surface area contributed by atoms with Gasteiger partial charge >= 0.3 is 0 Å². The molecule has 1 saturated heterocycles. The summed E-state index contributed by atoms with van der Waals surface area (Å²) in [6, 6.07) is -0.410. The first kappa shape index (κ1) is 10.2. The van der Waals surface area contributed by atoms with Crippen LogP contribution in [0.1, 0.15) is 27.2 Å². The number of hydrogen-bond donors (Lipinski definition) is 1. The molecule has 1 amide bonds. The molecule has 0 saturated carbocycles. The van der Waals surface area contributed by atoms with E-state index in [1.54, 1.807) is 0 Å². The number of carbonyl (C=O) groups excluding carboxylic acids is 2. The number of nitrogens with zero attached hydrogens (tertiary/aromatic N) is 1. The van der Waals surface area contributed by atoms with Crippen LogP contribution in [0.4, 0.5) is 0 Å². The van der Waals surface area contributed by atoms with Crippen molar-refractivity contribution in [2.75, 3.05) is 6.54 Å². The average Bonchev–Trinajstić information content (AvgIpc) is 2.29. The summed E-state index contributed by atoms with van der Waals surface area (Å²) < 4.78 is 0. The zero-order valence-corrected chi connectivity index (χ0v) is 8.33. The second kappa shape index (κ2) is 3.10. The molecule has 1 heterocycles. The minimum Gasteiger partial charge on any atom is -0.368 e. The van der Waals surface area contributed by atoms with Crippen molar-refractivity contribution < 1.29 is 9.59 Å². The standard InChI is InChI=1S/C9H16N2O2/c1-9(2,3)11-5-6(12)4-7(11)8(10)13/h7H,4-5H2,1-3H3,(H2,10,13)/t7-/m0/s1. The SMILES string of the molecule is CC(C)(C)N1CC(=O)C[C@H]1C(N)=O. The van der Waals surface area contributed by atoms with E-state index in [1.165, 1.54) is 0 Å². The Labute approximate surface area is 78.1 Å². The second-order valence-corrected chi connectivity index (χ2v) is 4.46. The number of amides is 1. The van der Waals surface area contributed by atoms with Crippen molar-refractivity contribution >= 4 is 11.7 Å². The first-order valence-electron chi connectivity index (χ1n) is 4.40. The normalized spacial score (nSPS) is 25.2. The second-order valence-electron chi connectivity index (χ2n) is 4.46. The molecule has 0 aromatic rings. The number of nitrogens with two attached hydrogens (primary N) is 1. The van der Waals surface area contributed by atoms with E-state index in [4.69, 9.17) is 5.73 Å². The number of carbonyl (C=O) groups is 2. The lowest BCUT2D eigenvalue weighted by Gasteiger charge is -2.34. The molecule has 1 atom stereocenters.